The number of hydrogen-bond donors (Lipinski definition) is 1. The number of carbonyl (C=O) groups is 1. The first-order chi connectivity index (χ1) is 12.1. The SMILES string of the molecule is Cc1nccn1C[C@@H]1CCCN1C(=O)NCc1cccnc1N(C)C. The van der Waals surface area contributed by atoms with Crippen LogP contribution in [0.15, 0.2) is 30.7 Å². The molecule has 134 valence electrons. The molecule has 1 fully saturated rings. The third kappa shape index (κ3) is 3.92. The van der Waals surface area contributed by atoms with Gasteiger partial charge in [0.2, 0.25) is 0 Å². The van der Waals surface area contributed by atoms with Crippen LogP contribution in [0.2, 0.25) is 0 Å². The third-order valence-electron chi connectivity index (χ3n) is 4.69. The van der Waals surface area contributed by atoms with E-state index in [4.69, 9.17) is 0 Å². The Kier molecular flexibility index (Phi) is 5.21. The van der Waals surface area contributed by atoms with Crippen LogP contribution in [0, 0.1) is 6.92 Å². The van der Waals surface area contributed by atoms with Crippen molar-refractivity contribution in [3.05, 3.63) is 42.1 Å². The molecule has 3 rings (SSSR count). The largest absolute Gasteiger partial charge is 0.362 e. The smallest absolute Gasteiger partial charge is 0.317 e. The van der Waals surface area contributed by atoms with Crippen molar-refractivity contribution in [2.75, 3.05) is 25.5 Å². The Bertz CT molecular complexity index is 726. The summed E-state index contributed by atoms with van der Waals surface area (Å²) in [6, 6.07) is 4.11. The molecule has 1 N–H and O–H groups in total. The zero-order valence-corrected chi connectivity index (χ0v) is 15.1. The predicted molar refractivity (Wildman–Crippen MR) is 97.5 cm³/mol. The third-order valence-corrected chi connectivity index (χ3v) is 4.69. The molecule has 0 aromatic carbocycles. The maximum atomic E-state index is 12.7. The first-order valence-electron chi connectivity index (χ1n) is 8.69. The van der Waals surface area contributed by atoms with E-state index in [1.807, 2.05) is 49.1 Å². The van der Waals surface area contributed by atoms with Crippen molar-refractivity contribution in [3.63, 3.8) is 0 Å². The van der Waals surface area contributed by atoms with E-state index in [9.17, 15) is 4.79 Å². The highest BCUT2D eigenvalue weighted by Crippen LogP contribution is 2.20. The summed E-state index contributed by atoms with van der Waals surface area (Å²) in [6.45, 7) is 4.07. The normalized spacial score (nSPS) is 16.9. The van der Waals surface area contributed by atoms with E-state index >= 15 is 0 Å². The second-order valence-corrected chi connectivity index (χ2v) is 6.66. The molecular formula is C18H26N6O. The number of amides is 2. The first-order valence-corrected chi connectivity index (χ1v) is 8.69. The molecule has 2 amide bonds. The van der Waals surface area contributed by atoms with Crippen molar-refractivity contribution >= 4 is 11.8 Å². The Morgan fingerprint density at radius 1 is 1.36 bits per heavy atom. The van der Waals surface area contributed by atoms with Crippen molar-refractivity contribution in [2.45, 2.75) is 38.9 Å². The van der Waals surface area contributed by atoms with Crippen LogP contribution in [0.4, 0.5) is 10.6 Å². The fourth-order valence-electron chi connectivity index (χ4n) is 3.36. The molecule has 1 aliphatic rings. The molecule has 25 heavy (non-hydrogen) atoms. The van der Waals surface area contributed by atoms with Gasteiger partial charge in [-0.25, -0.2) is 14.8 Å². The molecule has 1 atom stereocenters. The van der Waals surface area contributed by atoms with Gasteiger partial charge in [-0.2, -0.15) is 0 Å². The van der Waals surface area contributed by atoms with Gasteiger partial charge < -0.3 is 19.7 Å². The Morgan fingerprint density at radius 2 is 2.20 bits per heavy atom. The lowest BCUT2D eigenvalue weighted by Gasteiger charge is -2.26. The number of pyridine rings is 1. The summed E-state index contributed by atoms with van der Waals surface area (Å²) in [5, 5.41) is 3.06. The average molecular weight is 342 g/mol. The monoisotopic (exact) mass is 342 g/mol. The van der Waals surface area contributed by atoms with Crippen molar-refractivity contribution < 1.29 is 4.79 Å². The molecule has 0 spiro atoms. The van der Waals surface area contributed by atoms with Crippen LogP contribution in [-0.4, -0.2) is 52.1 Å². The van der Waals surface area contributed by atoms with E-state index < -0.39 is 0 Å². The Morgan fingerprint density at radius 3 is 2.92 bits per heavy atom. The number of likely N-dealkylation sites (tertiary alicyclic amines) is 1. The topological polar surface area (TPSA) is 66.3 Å². The molecule has 7 heteroatoms. The average Bonchev–Trinajstić information content (AvgIpc) is 3.23. The molecule has 7 nitrogen and oxygen atoms in total. The highest BCUT2D eigenvalue weighted by Gasteiger charge is 2.29. The number of rotatable bonds is 5. The quantitative estimate of drug-likeness (QED) is 0.903. The highest BCUT2D eigenvalue weighted by molar-refractivity contribution is 5.75. The molecule has 0 saturated carbocycles. The molecular weight excluding hydrogens is 316 g/mol. The van der Waals surface area contributed by atoms with Gasteiger partial charge in [0.25, 0.3) is 0 Å². The summed E-state index contributed by atoms with van der Waals surface area (Å²) in [5.41, 5.74) is 1.02. The number of anilines is 1. The highest BCUT2D eigenvalue weighted by atomic mass is 16.2. The Balaban J connectivity index is 1.62. The molecule has 0 aliphatic carbocycles. The molecule has 3 heterocycles. The van der Waals surface area contributed by atoms with Crippen LogP contribution in [-0.2, 0) is 13.1 Å². The van der Waals surface area contributed by atoms with Crippen LogP contribution in [0.25, 0.3) is 0 Å². The van der Waals surface area contributed by atoms with Gasteiger partial charge in [0.05, 0.1) is 6.04 Å². The van der Waals surface area contributed by atoms with Gasteiger partial charge in [-0.3, -0.25) is 0 Å². The van der Waals surface area contributed by atoms with Crippen LogP contribution in [0.3, 0.4) is 0 Å². The number of nitrogens with one attached hydrogen (secondary N) is 1. The summed E-state index contributed by atoms with van der Waals surface area (Å²) in [7, 11) is 3.91. The van der Waals surface area contributed by atoms with Crippen molar-refractivity contribution in [2.24, 2.45) is 0 Å². The minimum atomic E-state index is -0.00572. The summed E-state index contributed by atoms with van der Waals surface area (Å²) in [4.78, 5) is 25.2. The summed E-state index contributed by atoms with van der Waals surface area (Å²) in [5.74, 6) is 1.87. The van der Waals surface area contributed by atoms with E-state index in [2.05, 4.69) is 19.9 Å². The van der Waals surface area contributed by atoms with Crippen molar-refractivity contribution in [3.8, 4) is 0 Å². The van der Waals surface area contributed by atoms with Gasteiger partial charge in [0.15, 0.2) is 0 Å². The number of aryl methyl sites for hydroxylation is 1. The summed E-state index contributed by atoms with van der Waals surface area (Å²) >= 11 is 0. The van der Waals surface area contributed by atoms with Gasteiger partial charge in [0, 0.05) is 57.9 Å². The number of urea groups is 1. The Labute approximate surface area is 148 Å². The number of aromatic nitrogens is 3. The first kappa shape index (κ1) is 17.3. The maximum absolute atomic E-state index is 12.7. The second-order valence-electron chi connectivity index (χ2n) is 6.66. The number of hydrogen-bond acceptors (Lipinski definition) is 4. The zero-order valence-electron chi connectivity index (χ0n) is 15.1. The molecule has 0 unspecified atom stereocenters. The van der Waals surface area contributed by atoms with Gasteiger partial charge >= 0.3 is 6.03 Å². The zero-order chi connectivity index (χ0) is 17.8. The van der Waals surface area contributed by atoms with E-state index in [1.165, 1.54) is 0 Å². The van der Waals surface area contributed by atoms with Crippen LogP contribution in [0.1, 0.15) is 24.2 Å². The lowest BCUT2D eigenvalue weighted by molar-refractivity contribution is 0.186. The minimum Gasteiger partial charge on any atom is -0.362 e. The van der Waals surface area contributed by atoms with Crippen LogP contribution >= 0.6 is 0 Å². The number of imidazole rings is 1. The Hall–Kier alpha value is -2.57. The standard InChI is InChI=1S/C18H26N6O/c1-14-19-9-11-23(14)13-16-7-5-10-24(16)18(25)21-12-15-6-4-8-20-17(15)22(2)3/h4,6,8-9,11,16H,5,7,10,12-13H2,1-3H3,(H,21,25)/t16-/m0/s1. The predicted octanol–water partition coefficient (Wildman–Crippen LogP) is 2.03. The molecule has 0 bridgehead atoms. The fraction of sp³-hybridized carbons (Fsp3) is 0.500. The summed E-state index contributed by atoms with van der Waals surface area (Å²) < 4.78 is 2.11. The molecule has 1 aliphatic heterocycles. The lowest BCUT2D eigenvalue weighted by atomic mass is 10.2. The summed E-state index contributed by atoms with van der Waals surface area (Å²) in [6.07, 6.45) is 7.62. The van der Waals surface area contributed by atoms with Gasteiger partial charge in [-0.1, -0.05) is 6.07 Å². The van der Waals surface area contributed by atoms with E-state index in [1.54, 1.807) is 12.4 Å². The molecule has 2 aromatic heterocycles. The van der Waals surface area contributed by atoms with E-state index in [-0.39, 0.29) is 12.1 Å². The maximum Gasteiger partial charge on any atom is 0.317 e. The van der Waals surface area contributed by atoms with Gasteiger partial charge in [0.1, 0.15) is 11.6 Å². The minimum absolute atomic E-state index is 0.00572. The molecule has 2 aromatic rings. The number of nitrogens with zero attached hydrogens (tertiary/aromatic N) is 5. The molecule has 0 radical (unpaired) electrons. The van der Waals surface area contributed by atoms with Crippen molar-refractivity contribution in [1.82, 2.24) is 24.8 Å². The fourth-order valence-corrected chi connectivity index (χ4v) is 3.36. The van der Waals surface area contributed by atoms with Crippen LogP contribution < -0.4 is 10.2 Å². The van der Waals surface area contributed by atoms with Gasteiger partial charge in [-0.05, 0) is 25.8 Å². The van der Waals surface area contributed by atoms with E-state index in [0.29, 0.717) is 6.54 Å². The molecule has 1 saturated heterocycles. The second kappa shape index (κ2) is 7.55. The lowest BCUT2D eigenvalue weighted by Crippen LogP contribution is -2.44. The number of carbonyl (C=O) groups excluding carboxylic acids is 1. The van der Waals surface area contributed by atoms with Crippen LogP contribution in [0.5, 0.6) is 0 Å². The van der Waals surface area contributed by atoms with Crippen molar-refractivity contribution in [1.29, 1.82) is 0 Å². The van der Waals surface area contributed by atoms with Gasteiger partial charge in [-0.15, -0.1) is 0 Å². The van der Waals surface area contributed by atoms with E-state index in [0.717, 1.165) is 43.1 Å².